The SMILES string of the molecule is COc1ccc(CCC(=O)NCc2ccc(N3CCC[C@@H](C)C3)cc2)cc1C. The minimum atomic E-state index is 0.0856. The van der Waals surface area contributed by atoms with Crippen molar-refractivity contribution in [1.29, 1.82) is 0 Å². The topological polar surface area (TPSA) is 41.6 Å². The van der Waals surface area contributed by atoms with E-state index in [1.54, 1.807) is 7.11 Å². The van der Waals surface area contributed by atoms with Crippen LogP contribution in [0.4, 0.5) is 5.69 Å². The van der Waals surface area contributed by atoms with Crippen molar-refractivity contribution in [2.45, 2.75) is 46.1 Å². The molecule has 1 heterocycles. The van der Waals surface area contributed by atoms with Crippen molar-refractivity contribution in [2.75, 3.05) is 25.1 Å². The zero-order valence-corrected chi connectivity index (χ0v) is 17.3. The second-order valence-corrected chi connectivity index (χ2v) is 7.94. The number of ether oxygens (including phenoxy) is 1. The van der Waals surface area contributed by atoms with Crippen molar-refractivity contribution in [3.05, 3.63) is 59.2 Å². The van der Waals surface area contributed by atoms with E-state index < -0.39 is 0 Å². The maximum atomic E-state index is 12.2. The summed E-state index contributed by atoms with van der Waals surface area (Å²) in [6.07, 6.45) is 3.83. The lowest BCUT2D eigenvalue weighted by molar-refractivity contribution is -0.121. The first kappa shape index (κ1) is 20.2. The number of anilines is 1. The molecular formula is C24H32N2O2. The number of methoxy groups -OCH3 is 1. The van der Waals surface area contributed by atoms with Gasteiger partial charge in [-0.05, 0) is 67.0 Å². The number of aryl methyl sites for hydroxylation is 2. The van der Waals surface area contributed by atoms with Gasteiger partial charge in [0.15, 0.2) is 0 Å². The van der Waals surface area contributed by atoms with E-state index in [-0.39, 0.29) is 5.91 Å². The lowest BCUT2D eigenvalue weighted by atomic mass is 9.99. The number of nitrogens with one attached hydrogen (secondary N) is 1. The number of rotatable bonds is 7. The lowest BCUT2D eigenvalue weighted by Gasteiger charge is -2.32. The fourth-order valence-electron chi connectivity index (χ4n) is 3.89. The van der Waals surface area contributed by atoms with Gasteiger partial charge in [-0.15, -0.1) is 0 Å². The highest BCUT2D eigenvalue weighted by Gasteiger charge is 2.16. The summed E-state index contributed by atoms with van der Waals surface area (Å²) in [6, 6.07) is 14.7. The van der Waals surface area contributed by atoms with Crippen molar-refractivity contribution >= 4 is 11.6 Å². The Morgan fingerprint density at radius 2 is 1.93 bits per heavy atom. The normalized spacial score (nSPS) is 16.7. The molecule has 28 heavy (non-hydrogen) atoms. The molecule has 1 amide bonds. The quantitative estimate of drug-likeness (QED) is 0.769. The Bertz CT molecular complexity index is 786. The average molecular weight is 381 g/mol. The molecule has 1 aliphatic heterocycles. The van der Waals surface area contributed by atoms with Gasteiger partial charge in [-0.2, -0.15) is 0 Å². The van der Waals surface area contributed by atoms with E-state index in [1.165, 1.54) is 18.5 Å². The number of hydrogen-bond acceptors (Lipinski definition) is 3. The Labute approximate surface area is 168 Å². The zero-order chi connectivity index (χ0) is 19.9. The highest BCUT2D eigenvalue weighted by Crippen LogP contribution is 2.23. The molecule has 1 atom stereocenters. The largest absolute Gasteiger partial charge is 0.496 e. The summed E-state index contributed by atoms with van der Waals surface area (Å²) in [4.78, 5) is 14.7. The van der Waals surface area contributed by atoms with Crippen molar-refractivity contribution in [1.82, 2.24) is 5.32 Å². The van der Waals surface area contributed by atoms with Gasteiger partial charge in [0.2, 0.25) is 5.91 Å². The number of carbonyl (C=O) groups excluding carboxylic acids is 1. The summed E-state index contributed by atoms with van der Waals surface area (Å²) < 4.78 is 5.28. The second-order valence-electron chi connectivity index (χ2n) is 7.94. The Morgan fingerprint density at radius 1 is 1.18 bits per heavy atom. The van der Waals surface area contributed by atoms with Crippen LogP contribution in [0.15, 0.2) is 42.5 Å². The molecule has 0 bridgehead atoms. The number of nitrogens with zero attached hydrogens (tertiary/aromatic N) is 1. The monoisotopic (exact) mass is 380 g/mol. The van der Waals surface area contributed by atoms with Crippen LogP contribution in [0.5, 0.6) is 5.75 Å². The standard InChI is InChI=1S/C24H32N2O2/c1-18-5-4-14-26(17-18)22-10-6-21(7-11-22)16-25-24(27)13-9-20-8-12-23(28-3)19(2)15-20/h6-8,10-12,15,18H,4-5,9,13-14,16-17H2,1-3H3,(H,25,27)/t18-/m1/s1. The van der Waals surface area contributed by atoms with E-state index in [1.807, 2.05) is 19.1 Å². The number of carbonyl (C=O) groups is 1. The molecule has 0 aliphatic carbocycles. The zero-order valence-electron chi connectivity index (χ0n) is 17.3. The third-order valence-electron chi connectivity index (χ3n) is 5.55. The first-order valence-corrected chi connectivity index (χ1v) is 10.3. The average Bonchev–Trinajstić information content (AvgIpc) is 2.71. The second kappa shape index (κ2) is 9.63. The molecule has 150 valence electrons. The van der Waals surface area contributed by atoms with Gasteiger partial charge in [0, 0.05) is 31.7 Å². The molecule has 1 saturated heterocycles. The Balaban J connectivity index is 1.44. The summed E-state index contributed by atoms with van der Waals surface area (Å²) in [7, 11) is 1.68. The summed E-state index contributed by atoms with van der Waals surface area (Å²) in [5.41, 5.74) is 4.69. The van der Waals surface area contributed by atoms with E-state index in [0.717, 1.165) is 47.9 Å². The van der Waals surface area contributed by atoms with Gasteiger partial charge in [0.25, 0.3) is 0 Å². The fourth-order valence-corrected chi connectivity index (χ4v) is 3.89. The number of piperidine rings is 1. The molecule has 0 spiro atoms. The number of amides is 1. The summed E-state index contributed by atoms with van der Waals surface area (Å²) in [5, 5.41) is 3.04. The van der Waals surface area contributed by atoms with Gasteiger partial charge in [0.1, 0.15) is 5.75 Å². The van der Waals surface area contributed by atoms with Gasteiger partial charge in [0.05, 0.1) is 7.11 Å². The van der Waals surface area contributed by atoms with Crippen LogP contribution in [0, 0.1) is 12.8 Å². The summed E-state index contributed by atoms with van der Waals surface area (Å²) in [6.45, 7) is 7.21. The maximum absolute atomic E-state index is 12.2. The minimum absolute atomic E-state index is 0.0856. The fraction of sp³-hybridized carbons (Fsp3) is 0.458. The molecule has 1 aliphatic rings. The summed E-state index contributed by atoms with van der Waals surface area (Å²) in [5.74, 6) is 1.74. The first-order valence-electron chi connectivity index (χ1n) is 10.3. The summed E-state index contributed by atoms with van der Waals surface area (Å²) >= 11 is 0. The predicted molar refractivity (Wildman–Crippen MR) is 115 cm³/mol. The van der Waals surface area contributed by atoms with E-state index in [2.05, 4.69) is 47.5 Å². The minimum Gasteiger partial charge on any atom is -0.496 e. The number of benzene rings is 2. The third-order valence-corrected chi connectivity index (χ3v) is 5.55. The van der Waals surface area contributed by atoms with Crippen molar-refractivity contribution < 1.29 is 9.53 Å². The molecule has 3 rings (SSSR count). The van der Waals surface area contributed by atoms with E-state index in [9.17, 15) is 4.79 Å². The highest BCUT2D eigenvalue weighted by atomic mass is 16.5. The Hall–Kier alpha value is -2.49. The van der Waals surface area contributed by atoms with E-state index >= 15 is 0 Å². The molecule has 1 fully saturated rings. The Morgan fingerprint density at radius 3 is 2.61 bits per heavy atom. The molecule has 4 heteroatoms. The molecule has 0 aromatic heterocycles. The predicted octanol–water partition coefficient (Wildman–Crippen LogP) is 4.49. The first-order chi connectivity index (χ1) is 13.5. The van der Waals surface area contributed by atoms with Crippen molar-refractivity contribution in [2.24, 2.45) is 5.92 Å². The smallest absolute Gasteiger partial charge is 0.220 e. The van der Waals surface area contributed by atoms with Crippen LogP contribution >= 0.6 is 0 Å². The van der Waals surface area contributed by atoms with Gasteiger partial charge in [-0.25, -0.2) is 0 Å². The van der Waals surface area contributed by atoms with Crippen LogP contribution in [-0.2, 0) is 17.8 Å². The molecule has 1 N–H and O–H groups in total. The van der Waals surface area contributed by atoms with Gasteiger partial charge in [-0.1, -0.05) is 31.2 Å². The van der Waals surface area contributed by atoms with E-state index in [0.29, 0.717) is 13.0 Å². The van der Waals surface area contributed by atoms with Crippen LogP contribution in [0.2, 0.25) is 0 Å². The van der Waals surface area contributed by atoms with Crippen molar-refractivity contribution in [3.8, 4) is 5.75 Å². The Kier molecular flexibility index (Phi) is 6.96. The van der Waals surface area contributed by atoms with Crippen LogP contribution in [0.25, 0.3) is 0 Å². The molecule has 0 unspecified atom stereocenters. The van der Waals surface area contributed by atoms with Crippen LogP contribution in [0.3, 0.4) is 0 Å². The van der Waals surface area contributed by atoms with Gasteiger partial charge < -0.3 is 15.0 Å². The molecule has 0 saturated carbocycles. The molecule has 4 nitrogen and oxygen atoms in total. The van der Waals surface area contributed by atoms with E-state index in [4.69, 9.17) is 4.74 Å². The molecule has 2 aromatic rings. The molecule has 0 radical (unpaired) electrons. The van der Waals surface area contributed by atoms with Crippen LogP contribution in [-0.4, -0.2) is 26.1 Å². The highest BCUT2D eigenvalue weighted by molar-refractivity contribution is 5.76. The molecule has 2 aromatic carbocycles. The van der Waals surface area contributed by atoms with Crippen LogP contribution in [0.1, 0.15) is 42.9 Å². The third kappa shape index (κ3) is 5.51. The van der Waals surface area contributed by atoms with Crippen molar-refractivity contribution in [3.63, 3.8) is 0 Å². The van der Waals surface area contributed by atoms with Gasteiger partial charge >= 0.3 is 0 Å². The number of hydrogen-bond donors (Lipinski definition) is 1. The maximum Gasteiger partial charge on any atom is 0.220 e. The lowest BCUT2D eigenvalue weighted by Crippen LogP contribution is -2.34. The van der Waals surface area contributed by atoms with Crippen LogP contribution < -0.4 is 15.0 Å². The molecular weight excluding hydrogens is 348 g/mol. The van der Waals surface area contributed by atoms with Gasteiger partial charge in [-0.3, -0.25) is 4.79 Å².